The van der Waals surface area contributed by atoms with Crippen LogP contribution >= 0.6 is 0 Å². The van der Waals surface area contributed by atoms with Crippen LogP contribution in [-0.2, 0) is 20.5 Å². The van der Waals surface area contributed by atoms with E-state index < -0.39 is 0 Å². The van der Waals surface area contributed by atoms with E-state index in [0.717, 1.165) is 12.2 Å². The van der Waals surface area contributed by atoms with Crippen LogP contribution in [0.2, 0.25) is 0 Å². The third kappa shape index (κ3) is 2.42. The number of fused-ring (bicyclic) bond motifs is 1. The lowest BCUT2D eigenvalue weighted by Crippen LogP contribution is -2.43. The van der Waals surface area contributed by atoms with Gasteiger partial charge in [0.1, 0.15) is 5.82 Å². The summed E-state index contributed by atoms with van der Waals surface area (Å²) in [6.07, 6.45) is 0.755. The molecule has 7 nitrogen and oxygen atoms in total. The second kappa shape index (κ2) is 5.48. The van der Waals surface area contributed by atoms with Crippen molar-refractivity contribution >= 4 is 11.2 Å². The zero-order chi connectivity index (χ0) is 15.9. The van der Waals surface area contributed by atoms with E-state index in [4.69, 9.17) is 5.73 Å². The molecular weight excluding hydrogens is 270 g/mol. The third-order valence-corrected chi connectivity index (χ3v) is 3.77. The van der Waals surface area contributed by atoms with Crippen molar-refractivity contribution in [3.05, 3.63) is 26.7 Å². The summed E-state index contributed by atoms with van der Waals surface area (Å²) in [6.45, 7) is 6.18. The smallest absolute Gasteiger partial charge is 0.328 e. The van der Waals surface area contributed by atoms with Crippen LogP contribution in [-0.4, -0.2) is 25.2 Å². The Labute approximate surface area is 123 Å². The Bertz CT molecular complexity index is 781. The fourth-order valence-electron chi connectivity index (χ4n) is 2.50. The molecule has 0 spiro atoms. The van der Waals surface area contributed by atoms with Crippen molar-refractivity contribution in [3.63, 3.8) is 0 Å². The van der Waals surface area contributed by atoms with Gasteiger partial charge in [-0.25, -0.2) is 9.78 Å². The second-order valence-electron chi connectivity index (χ2n) is 5.96. The predicted octanol–water partition coefficient (Wildman–Crippen LogP) is 0.152. The van der Waals surface area contributed by atoms with E-state index in [9.17, 15) is 9.59 Å². The molecule has 0 aliphatic carbocycles. The molecule has 7 heteroatoms. The van der Waals surface area contributed by atoms with Crippen LogP contribution in [0.25, 0.3) is 11.2 Å². The summed E-state index contributed by atoms with van der Waals surface area (Å²) >= 11 is 0. The Morgan fingerprint density at radius 2 is 1.76 bits per heavy atom. The summed E-state index contributed by atoms with van der Waals surface area (Å²) in [5.74, 6) is 1.23. The Hall–Kier alpha value is -1.89. The van der Waals surface area contributed by atoms with Crippen molar-refractivity contribution in [3.8, 4) is 0 Å². The van der Waals surface area contributed by atoms with Crippen LogP contribution in [0.1, 0.15) is 32.6 Å². The molecule has 0 fully saturated rings. The molecule has 2 aromatic rings. The molecule has 0 saturated carbocycles. The quantitative estimate of drug-likeness (QED) is 0.869. The van der Waals surface area contributed by atoms with Gasteiger partial charge in [0.25, 0.3) is 5.56 Å². The van der Waals surface area contributed by atoms with Crippen molar-refractivity contribution < 1.29 is 0 Å². The van der Waals surface area contributed by atoms with Gasteiger partial charge in [0.15, 0.2) is 11.2 Å². The minimum Gasteiger partial charge on any atom is -0.328 e. The van der Waals surface area contributed by atoms with Gasteiger partial charge in [-0.3, -0.25) is 13.9 Å². The molecule has 2 heterocycles. The Balaban J connectivity index is 2.86. The van der Waals surface area contributed by atoms with Crippen molar-refractivity contribution in [2.24, 2.45) is 25.7 Å². The highest BCUT2D eigenvalue weighted by Crippen LogP contribution is 2.13. The maximum absolute atomic E-state index is 12.7. The highest BCUT2D eigenvalue weighted by Gasteiger charge is 2.20. The molecule has 2 rings (SSSR count). The molecule has 0 saturated heterocycles. The SMILES string of the molecule is CC(C)Cc1nc2c(c(=O)n(C(C)CN)c(=O)n2C)n1C. The molecular formula is C14H23N5O2. The van der Waals surface area contributed by atoms with Crippen molar-refractivity contribution in [1.82, 2.24) is 18.7 Å². The molecule has 1 unspecified atom stereocenters. The number of aromatic nitrogens is 4. The number of nitrogens with two attached hydrogens (primary N) is 1. The number of aryl methyl sites for hydroxylation is 2. The lowest BCUT2D eigenvalue weighted by atomic mass is 10.1. The van der Waals surface area contributed by atoms with Crippen LogP contribution in [0.15, 0.2) is 9.59 Å². The van der Waals surface area contributed by atoms with Crippen LogP contribution < -0.4 is 17.0 Å². The van der Waals surface area contributed by atoms with E-state index in [1.807, 2.05) is 7.05 Å². The first kappa shape index (κ1) is 15.5. The van der Waals surface area contributed by atoms with Crippen LogP contribution in [0.3, 0.4) is 0 Å². The number of rotatable bonds is 4. The van der Waals surface area contributed by atoms with Crippen LogP contribution in [0, 0.1) is 5.92 Å². The van der Waals surface area contributed by atoms with E-state index in [-0.39, 0.29) is 23.8 Å². The molecule has 2 N–H and O–H groups in total. The molecule has 1 atom stereocenters. The van der Waals surface area contributed by atoms with Gasteiger partial charge >= 0.3 is 5.69 Å². The third-order valence-electron chi connectivity index (χ3n) is 3.77. The number of imidazole rings is 1. The van der Waals surface area contributed by atoms with Gasteiger partial charge in [0.05, 0.1) is 6.04 Å². The molecule has 0 amide bonds. The highest BCUT2D eigenvalue weighted by molar-refractivity contribution is 5.70. The minimum atomic E-state index is -0.375. The van der Waals surface area contributed by atoms with Crippen LogP contribution in [0.4, 0.5) is 0 Å². The fraction of sp³-hybridized carbons (Fsp3) is 0.643. The normalized spacial score (nSPS) is 13.3. The summed E-state index contributed by atoms with van der Waals surface area (Å²) in [6, 6.07) is -0.343. The number of hydrogen-bond donors (Lipinski definition) is 1. The first-order valence-corrected chi connectivity index (χ1v) is 7.16. The summed E-state index contributed by atoms with van der Waals surface area (Å²) < 4.78 is 4.42. The molecule has 0 aliphatic rings. The van der Waals surface area contributed by atoms with Crippen molar-refractivity contribution in [2.45, 2.75) is 33.2 Å². The topological polar surface area (TPSA) is 87.8 Å². The van der Waals surface area contributed by atoms with Gasteiger partial charge in [0.2, 0.25) is 0 Å². The number of hydrogen-bond acceptors (Lipinski definition) is 4. The summed E-state index contributed by atoms with van der Waals surface area (Å²) in [4.78, 5) is 29.5. The van der Waals surface area contributed by atoms with Crippen LogP contribution in [0.5, 0.6) is 0 Å². The average molecular weight is 293 g/mol. The molecule has 21 heavy (non-hydrogen) atoms. The predicted molar refractivity (Wildman–Crippen MR) is 82.5 cm³/mol. The second-order valence-corrected chi connectivity index (χ2v) is 5.96. The van der Waals surface area contributed by atoms with Gasteiger partial charge in [0, 0.05) is 27.1 Å². The molecule has 0 bridgehead atoms. The van der Waals surface area contributed by atoms with Gasteiger partial charge in [-0.15, -0.1) is 0 Å². The highest BCUT2D eigenvalue weighted by atomic mass is 16.2. The maximum Gasteiger partial charge on any atom is 0.332 e. The van der Waals surface area contributed by atoms with E-state index in [1.165, 1.54) is 9.13 Å². The van der Waals surface area contributed by atoms with Crippen molar-refractivity contribution in [2.75, 3.05) is 6.54 Å². The Morgan fingerprint density at radius 1 is 1.14 bits per heavy atom. The fourth-order valence-corrected chi connectivity index (χ4v) is 2.50. The summed E-state index contributed by atoms with van der Waals surface area (Å²) in [5, 5.41) is 0. The molecule has 116 valence electrons. The monoisotopic (exact) mass is 293 g/mol. The van der Waals surface area contributed by atoms with Gasteiger partial charge in [-0.2, -0.15) is 0 Å². The zero-order valence-corrected chi connectivity index (χ0v) is 13.3. The summed E-state index contributed by atoms with van der Waals surface area (Å²) in [5.41, 5.74) is 5.80. The molecule has 0 aromatic carbocycles. The van der Waals surface area contributed by atoms with E-state index in [0.29, 0.717) is 17.1 Å². The van der Waals surface area contributed by atoms with Crippen molar-refractivity contribution in [1.29, 1.82) is 0 Å². The average Bonchev–Trinajstić information content (AvgIpc) is 2.73. The van der Waals surface area contributed by atoms with Gasteiger partial charge in [-0.05, 0) is 12.8 Å². The lowest BCUT2D eigenvalue weighted by Gasteiger charge is -2.13. The number of nitrogens with zero attached hydrogens (tertiary/aromatic N) is 4. The largest absolute Gasteiger partial charge is 0.332 e. The molecule has 2 aromatic heterocycles. The van der Waals surface area contributed by atoms with Gasteiger partial charge < -0.3 is 10.3 Å². The standard InChI is InChI=1S/C14H23N5O2/c1-8(2)6-10-16-12-11(17(10)4)13(20)19(9(3)7-15)14(21)18(12)5/h8-9H,6-7,15H2,1-5H3. The zero-order valence-electron chi connectivity index (χ0n) is 13.3. The van der Waals surface area contributed by atoms with E-state index in [1.54, 1.807) is 18.5 Å². The Kier molecular flexibility index (Phi) is 4.04. The van der Waals surface area contributed by atoms with Gasteiger partial charge in [-0.1, -0.05) is 13.8 Å². The first-order chi connectivity index (χ1) is 9.79. The minimum absolute atomic E-state index is 0.233. The maximum atomic E-state index is 12.7. The Morgan fingerprint density at radius 3 is 2.29 bits per heavy atom. The van der Waals surface area contributed by atoms with E-state index in [2.05, 4.69) is 18.8 Å². The van der Waals surface area contributed by atoms with E-state index >= 15 is 0 Å². The first-order valence-electron chi connectivity index (χ1n) is 7.16. The molecule has 0 radical (unpaired) electrons. The molecule has 0 aliphatic heterocycles. The lowest BCUT2D eigenvalue weighted by molar-refractivity contribution is 0.501. The summed E-state index contributed by atoms with van der Waals surface area (Å²) in [7, 11) is 3.45.